The van der Waals surface area contributed by atoms with E-state index in [1.807, 2.05) is 30.3 Å². The molecule has 1 fully saturated rings. The van der Waals surface area contributed by atoms with E-state index >= 15 is 0 Å². The van der Waals surface area contributed by atoms with Crippen molar-refractivity contribution < 1.29 is 28.6 Å². The highest BCUT2D eigenvalue weighted by Crippen LogP contribution is 2.38. The molecule has 1 aromatic carbocycles. The zero-order valence-corrected chi connectivity index (χ0v) is 20.7. The topological polar surface area (TPSA) is 90.9 Å². The number of carbonyl (C=O) groups is 3. The summed E-state index contributed by atoms with van der Waals surface area (Å²) in [6, 6.07) is 9.30. The third kappa shape index (κ3) is 6.39. The molecule has 4 atom stereocenters. The second-order valence-electron chi connectivity index (χ2n) is 9.87. The van der Waals surface area contributed by atoms with Crippen LogP contribution in [0.25, 0.3) is 0 Å². The molecule has 0 unspecified atom stereocenters. The molecule has 0 radical (unpaired) electrons. The smallest absolute Gasteiger partial charge is 0.408 e. The fraction of sp³-hybridized carbons (Fsp3) is 0.593. The van der Waals surface area contributed by atoms with E-state index in [1.54, 1.807) is 13.0 Å². The van der Waals surface area contributed by atoms with Gasteiger partial charge >= 0.3 is 18.0 Å². The Balaban J connectivity index is 1.74. The van der Waals surface area contributed by atoms with Crippen LogP contribution in [0.15, 0.2) is 42.0 Å². The van der Waals surface area contributed by atoms with Gasteiger partial charge in [-0.15, -0.1) is 0 Å². The fourth-order valence-corrected chi connectivity index (χ4v) is 4.90. The summed E-state index contributed by atoms with van der Waals surface area (Å²) in [7, 11) is 0. The van der Waals surface area contributed by atoms with Crippen molar-refractivity contribution in [2.75, 3.05) is 6.61 Å². The molecule has 3 rings (SSSR count). The summed E-state index contributed by atoms with van der Waals surface area (Å²) in [6.07, 6.45) is 3.78. The van der Waals surface area contributed by atoms with Crippen molar-refractivity contribution >= 4 is 18.0 Å². The molecule has 0 saturated heterocycles. The van der Waals surface area contributed by atoms with Crippen LogP contribution < -0.4 is 5.32 Å². The molecule has 1 aromatic rings. The van der Waals surface area contributed by atoms with Crippen molar-refractivity contribution in [3.8, 4) is 0 Å². The summed E-state index contributed by atoms with van der Waals surface area (Å²) >= 11 is 0. The van der Waals surface area contributed by atoms with Crippen LogP contribution >= 0.6 is 0 Å². The number of amides is 1. The minimum absolute atomic E-state index is 0.0136. The van der Waals surface area contributed by atoms with E-state index in [-0.39, 0.29) is 38.1 Å². The summed E-state index contributed by atoms with van der Waals surface area (Å²) in [6.45, 7) is 8.49. The van der Waals surface area contributed by atoms with Gasteiger partial charge in [-0.3, -0.25) is 0 Å². The molecule has 0 heterocycles. The first-order valence-electron chi connectivity index (χ1n) is 12.3. The van der Waals surface area contributed by atoms with Gasteiger partial charge in [-0.1, -0.05) is 63.6 Å². The number of esters is 2. The minimum Gasteiger partial charge on any atom is -0.463 e. The van der Waals surface area contributed by atoms with Crippen LogP contribution in [0, 0.1) is 17.8 Å². The standard InChI is InChI=1S/C27H37NO6/c1-5-32-24(29)21-13-14-27(16-21,28-26(31)33-17-20-9-7-6-8-10-20)25(30)34-23-15-19(4)11-12-22(23)18(2)3/h6-10,13,18-19,22-23H,5,11-12,14-17H2,1-4H3,(H,28,31)/t19-,22+,23-,27+/m1/s1. The molecule has 0 bridgehead atoms. The van der Waals surface area contributed by atoms with Crippen molar-refractivity contribution in [1.82, 2.24) is 5.32 Å². The molecule has 0 aromatic heterocycles. The predicted molar refractivity (Wildman–Crippen MR) is 128 cm³/mol. The number of alkyl carbamates (subject to hydrolysis) is 1. The van der Waals surface area contributed by atoms with Gasteiger partial charge in [0.1, 0.15) is 18.2 Å². The molecule has 0 aliphatic heterocycles. The van der Waals surface area contributed by atoms with Gasteiger partial charge in [0, 0.05) is 18.4 Å². The molecule has 2 aliphatic rings. The summed E-state index contributed by atoms with van der Waals surface area (Å²) < 4.78 is 16.6. The van der Waals surface area contributed by atoms with Gasteiger partial charge in [-0.2, -0.15) is 0 Å². The number of hydrogen-bond acceptors (Lipinski definition) is 6. The highest BCUT2D eigenvalue weighted by Gasteiger charge is 2.48. The Kier molecular flexibility index (Phi) is 8.75. The van der Waals surface area contributed by atoms with Crippen molar-refractivity contribution in [2.24, 2.45) is 17.8 Å². The number of ether oxygens (including phenoxy) is 3. The molecule has 0 spiro atoms. The average Bonchev–Trinajstić information content (AvgIpc) is 3.24. The van der Waals surface area contributed by atoms with E-state index in [2.05, 4.69) is 26.1 Å². The maximum Gasteiger partial charge on any atom is 0.408 e. The van der Waals surface area contributed by atoms with Crippen LogP contribution in [0.5, 0.6) is 0 Å². The van der Waals surface area contributed by atoms with E-state index in [1.165, 1.54) is 0 Å². The van der Waals surface area contributed by atoms with E-state index in [4.69, 9.17) is 14.2 Å². The molecule has 7 nitrogen and oxygen atoms in total. The zero-order valence-electron chi connectivity index (χ0n) is 20.7. The first kappa shape index (κ1) is 25.8. The molecule has 34 heavy (non-hydrogen) atoms. The van der Waals surface area contributed by atoms with Crippen LogP contribution in [0.1, 0.15) is 65.4 Å². The second kappa shape index (κ2) is 11.5. The second-order valence-corrected chi connectivity index (χ2v) is 9.87. The molecule has 1 saturated carbocycles. The van der Waals surface area contributed by atoms with E-state index in [9.17, 15) is 14.4 Å². The Labute approximate surface area is 202 Å². The van der Waals surface area contributed by atoms with Gasteiger partial charge in [-0.05, 0) is 43.1 Å². The van der Waals surface area contributed by atoms with Crippen molar-refractivity contribution in [3.63, 3.8) is 0 Å². The van der Waals surface area contributed by atoms with Crippen molar-refractivity contribution in [3.05, 3.63) is 47.5 Å². The third-order valence-corrected chi connectivity index (χ3v) is 6.89. The first-order chi connectivity index (χ1) is 16.2. The quantitative estimate of drug-likeness (QED) is 0.427. The number of nitrogens with one attached hydrogen (secondary N) is 1. The molecule has 1 N–H and O–H groups in total. The summed E-state index contributed by atoms with van der Waals surface area (Å²) in [5, 5.41) is 2.74. The number of carbonyl (C=O) groups excluding carboxylic acids is 3. The highest BCUT2D eigenvalue weighted by atomic mass is 16.6. The maximum atomic E-state index is 13.6. The zero-order chi connectivity index (χ0) is 24.7. The van der Waals surface area contributed by atoms with Crippen LogP contribution in [-0.4, -0.2) is 36.3 Å². The van der Waals surface area contributed by atoms with Crippen LogP contribution in [-0.2, 0) is 30.4 Å². The minimum atomic E-state index is -1.39. The maximum absolute atomic E-state index is 13.6. The third-order valence-electron chi connectivity index (χ3n) is 6.89. The molecule has 1 amide bonds. The van der Waals surface area contributed by atoms with Crippen molar-refractivity contribution in [1.29, 1.82) is 0 Å². The molecular weight excluding hydrogens is 434 g/mol. The lowest BCUT2D eigenvalue weighted by Crippen LogP contribution is -2.55. The highest BCUT2D eigenvalue weighted by molar-refractivity contribution is 5.94. The van der Waals surface area contributed by atoms with Crippen LogP contribution in [0.2, 0.25) is 0 Å². The largest absolute Gasteiger partial charge is 0.463 e. The predicted octanol–water partition coefficient (Wildman–Crippen LogP) is 4.94. The van der Waals surface area contributed by atoms with Gasteiger partial charge in [0.25, 0.3) is 0 Å². The van der Waals surface area contributed by atoms with E-state index < -0.39 is 23.6 Å². The summed E-state index contributed by atoms with van der Waals surface area (Å²) in [5.74, 6) is 0.0970. The normalized spacial score (nSPS) is 26.5. The first-order valence-corrected chi connectivity index (χ1v) is 12.3. The number of hydrogen-bond donors (Lipinski definition) is 1. The monoisotopic (exact) mass is 471 g/mol. The molecule has 2 aliphatic carbocycles. The average molecular weight is 472 g/mol. The SMILES string of the molecule is CCOC(=O)C1=CC[C@@](NC(=O)OCc2ccccc2)(C(=O)O[C@@H]2C[C@H](C)CC[C@H]2C(C)C)C1. The summed E-state index contributed by atoms with van der Waals surface area (Å²) in [4.78, 5) is 38.6. The molecule has 186 valence electrons. The fourth-order valence-electron chi connectivity index (χ4n) is 4.90. The lowest BCUT2D eigenvalue weighted by atomic mass is 9.75. The Bertz CT molecular complexity index is 896. The van der Waals surface area contributed by atoms with Gasteiger partial charge in [0.15, 0.2) is 0 Å². The van der Waals surface area contributed by atoms with Gasteiger partial charge in [0.05, 0.1) is 6.61 Å². The van der Waals surface area contributed by atoms with Crippen molar-refractivity contribution in [2.45, 2.75) is 78.0 Å². The van der Waals surface area contributed by atoms with Crippen LogP contribution in [0.3, 0.4) is 0 Å². The Morgan fingerprint density at radius 3 is 2.53 bits per heavy atom. The molecular formula is C27H37NO6. The number of benzene rings is 1. The van der Waals surface area contributed by atoms with Gasteiger partial charge in [0.2, 0.25) is 0 Å². The van der Waals surface area contributed by atoms with Gasteiger partial charge < -0.3 is 19.5 Å². The van der Waals surface area contributed by atoms with Gasteiger partial charge in [-0.25, -0.2) is 14.4 Å². The van der Waals surface area contributed by atoms with E-state index in [0.717, 1.165) is 24.8 Å². The van der Waals surface area contributed by atoms with E-state index in [0.29, 0.717) is 17.4 Å². The lowest BCUT2D eigenvalue weighted by molar-refractivity contribution is -0.163. The lowest BCUT2D eigenvalue weighted by Gasteiger charge is -2.39. The Hall–Kier alpha value is -2.83. The Morgan fingerprint density at radius 1 is 1.12 bits per heavy atom. The Morgan fingerprint density at radius 2 is 1.85 bits per heavy atom. The van der Waals surface area contributed by atoms with Crippen LogP contribution in [0.4, 0.5) is 4.79 Å². The number of rotatable bonds is 8. The summed E-state index contributed by atoms with van der Waals surface area (Å²) in [5.41, 5.74) is -0.195. The molecule has 7 heteroatoms.